The van der Waals surface area contributed by atoms with Crippen LogP contribution in [0.3, 0.4) is 0 Å². The summed E-state index contributed by atoms with van der Waals surface area (Å²) in [7, 11) is 0. The Kier molecular flexibility index (Phi) is 6.92. The molecule has 6 nitrogen and oxygen atoms in total. The average molecular weight is 447 g/mol. The molecule has 1 fully saturated rings. The first-order valence-corrected chi connectivity index (χ1v) is 11.6. The molecule has 1 heterocycles. The van der Waals surface area contributed by atoms with Gasteiger partial charge in [-0.05, 0) is 43.7 Å². The second-order valence-corrected chi connectivity index (χ2v) is 8.56. The summed E-state index contributed by atoms with van der Waals surface area (Å²) in [6.07, 6.45) is 4.89. The fourth-order valence-electron chi connectivity index (χ4n) is 4.94. The lowest BCUT2D eigenvalue weighted by Gasteiger charge is -2.47. The van der Waals surface area contributed by atoms with Crippen molar-refractivity contribution >= 4 is 17.8 Å². The molecular weight excluding hydrogens is 416 g/mol. The number of nitrogens with zero attached hydrogens (tertiary/aromatic N) is 1. The van der Waals surface area contributed by atoms with Crippen LogP contribution in [-0.4, -0.2) is 29.3 Å². The van der Waals surface area contributed by atoms with Crippen LogP contribution in [-0.2, 0) is 25.7 Å². The van der Waals surface area contributed by atoms with E-state index in [-0.39, 0.29) is 24.8 Å². The van der Waals surface area contributed by atoms with Crippen molar-refractivity contribution in [2.24, 2.45) is 5.41 Å². The van der Waals surface area contributed by atoms with Gasteiger partial charge in [-0.2, -0.15) is 0 Å². The summed E-state index contributed by atoms with van der Waals surface area (Å²) in [6.45, 7) is 2.38. The van der Waals surface area contributed by atoms with E-state index in [0.29, 0.717) is 30.6 Å². The molecular formula is C27H30N2O4. The average Bonchev–Trinajstić information content (AvgIpc) is 2.85. The Hall–Kier alpha value is -3.41. The van der Waals surface area contributed by atoms with E-state index in [4.69, 9.17) is 4.74 Å². The number of carbonyl (C=O) groups is 3. The number of allylic oxidation sites excluding steroid dienone is 1. The van der Waals surface area contributed by atoms with E-state index in [1.54, 1.807) is 6.92 Å². The van der Waals surface area contributed by atoms with Gasteiger partial charge in [0.05, 0.1) is 12.0 Å². The lowest BCUT2D eigenvalue weighted by Crippen LogP contribution is -2.54. The summed E-state index contributed by atoms with van der Waals surface area (Å²) < 4.78 is 5.38. The largest absolute Gasteiger partial charge is 0.464 e. The number of esters is 1. The Balaban J connectivity index is 1.69. The Labute approximate surface area is 194 Å². The summed E-state index contributed by atoms with van der Waals surface area (Å²) in [4.78, 5) is 41.5. The van der Waals surface area contributed by atoms with E-state index in [9.17, 15) is 14.4 Å². The molecule has 1 N–H and O–H groups in total. The fraction of sp³-hybridized carbons (Fsp3) is 0.370. The van der Waals surface area contributed by atoms with Crippen molar-refractivity contribution in [1.82, 2.24) is 10.2 Å². The van der Waals surface area contributed by atoms with Gasteiger partial charge in [0.2, 0.25) is 11.8 Å². The number of piperidine rings is 1. The first-order valence-electron chi connectivity index (χ1n) is 11.6. The molecule has 0 unspecified atom stereocenters. The van der Waals surface area contributed by atoms with Crippen molar-refractivity contribution in [2.75, 3.05) is 6.61 Å². The molecule has 0 saturated carbocycles. The molecule has 6 heteroatoms. The van der Waals surface area contributed by atoms with Crippen molar-refractivity contribution in [1.29, 1.82) is 0 Å². The van der Waals surface area contributed by atoms with Gasteiger partial charge in [0.1, 0.15) is 0 Å². The number of likely N-dealkylation sites (tertiary alicyclic amines) is 1. The highest BCUT2D eigenvalue weighted by Gasteiger charge is 2.52. The second kappa shape index (κ2) is 10.0. The molecule has 1 aliphatic heterocycles. The smallest absolute Gasteiger partial charge is 0.333 e. The number of ether oxygens (including phenoxy) is 1. The minimum atomic E-state index is -0.912. The maximum absolute atomic E-state index is 13.6. The molecule has 2 aliphatic rings. The maximum Gasteiger partial charge on any atom is 0.333 e. The molecule has 0 spiro atoms. The van der Waals surface area contributed by atoms with Crippen molar-refractivity contribution < 1.29 is 19.1 Å². The van der Waals surface area contributed by atoms with Gasteiger partial charge in [0, 0.05) is 18.7 Å². The normalized spacial score (nSPS) is 20.9. The van der Waals surface area contributed by atoms with Crippen LogP contribution in [0.25, 0.3) is 0 Å². The van der Waals surface area contributed by atoms with Crippen LogP contribution in [0.15, 0.2) is 72.4 Å². The number of benzene rings is 2. The zero-order valence-corrected chi connectivity index (χ0v) is 19.0. The van der Waals surface area contributed by atoms with Gasteiger partial charge in [0.25, 0.3) is 0 Å². The van der Waals surface area contributed by atoms with Crippen molar-refractivity contribution in [2.45, 2.75) is 51.6 Å². The number of carbonyl (C=O) groups excluding carboxylic acids is 3. The predicted molar refractivity (Wildman–Crippen MR) is 125 cm³/mol. The molecule has 1 saturated heterocycles. The Morgan fingerprint density at radius 2 is 1.76 bits per heavy atom. The SMILES string of the molecule is CCOC(=O)[C@@H](c1ccccc1)N1C(=O)CC[C@@]2(C(=O)NCc3ccccc3)CCCC=C12. The van der Waals surface area contributed by atoms with E-state index in [1.165, 1.54) is 4.90 Å². The lowest BCUT2D eigenvalue weighted by atomic mass is 9.68. The minimum Gasteiger partial charge on any atom is -0.464 e. The molecule has 2 amide bonds. The van der Waals surface area contributed by atoms with Crippen LogP contribution < -0.4 is 5.32 Å². The third kappa shape index (κ3) is 4.56. The number of fused-ring (bicyclic) bond motifs is 1. The van der Waals surface area contributed by atoms with Gasteiger partial charge in [-0.25, -0.2) is 4.79 Å². The summed E-state index contributed by atoms with van der Waals surface area (Å²) in [5, 5.41) is 3.09. The van der Waals surface area contributed by atoms with E-state index in [1.807, 2.05) is 66.7 Å². The van der Waals surface area contributed by atoms with Crippen LogP contribution >= 0.6 is 0 Å². The summed E-state index contributed by atoms with van der Waals surface area (Å²) in [5.41, 5.74) is 1.50. The van der Waals surface area contributed by atoms with Crippen LogP contribution in [0.5, 0.6) is 0 Å². The number of hydrogen-bond acceptors (Lipinski definition) is 4. The molecule has 0 bridgehead atoms. The van der Waals surface area contributed by atoms with Crippen LogP contribution in [0, 0.1) is 5.41 Å². The van der Waals surface area contributed by atoms with Crippen LogP contribution in [0.4, 0.5) is 0 Å². The molecule has 4 rings (SSSR count). The highest BCUT2D eigenvalue weighted by molar-refractivity contribution is 5.94. The number of hydrogen-bond donors (Lipinski definition) is 1. The number of amides is 2. The van der Waals surface area contributed by atoms with E-state index in [2.05, 4.69) is 5.32 Å². The molecule has 2 aromatic carbocycles. The Morgan fingerprint density at radius 3 is 2.45 bits per heavy atom. The fourth-order valence-corrected chi connectivity index (χ4v) is 4.94. The van der Waals surface area contributed by atoms with Gasteiger partial charge < -0.3 is 10.1 Å². The second-order valence-electron chi connectivity index (χ2n) is 8.56. The third-order valence-electron chi connectivity index (χ3n) is 6.54. The number of rotatable bonds is 7. The lowest BCUT2D eigenvalue weighted by molar-refractivity contribution is -0.157. The molecule has 2 atom stereocenters. The van der Waals surface area contributed by atoms with Gasteiger partial charge in [0.15, 0.2) is 6.04 Å². The summed E-state index contributed by atoms with van der Waals surface area (Å²) >= 11 is 0. The quantitative estimate of drug-likeness (QED) is 0.644. The van der Waals surface area contributed by atoms with Crippen molar-refractivity contribution in [3.63, 3.8) is 0 Å². The van der Waals surface area contributed by atoms with Crippen LogP contribution in [0.1, 0.15) is 56.2 Å². The predicted octanol–water partition coefficient (Wildman–Crippen LogP) is 4.28. The topological polar surface area (TPSA) is 75.7 Å². The number of nitrogens with one attached hydrogen (secondary N) is 1. The Morgan fingerprint density at radius 1 is 1.06 bits per heavy atom. The third-order valence-corrected chi connectivity index (χ3v) is 6.54. The van der Waals surface area contributed by atoms with E-state index < -0.39 is 17.4 Å². The van der Waals surface area contributed by atoms with Crippen molar-refractivity contribution in [3.8, 4) is 0 Å². The molecule has 2 aromatic rings. The minimum absolute atomic E-state index is 0.0922. The van der Waals surface area contributed by atoms with E-state index in [0.717, 1.165) is 18.4 Å². The molecule has 0 radical (unpaired) electrons. The summed E-state index contributed by atoms with van der Waals surface area (Å²) in [5.74, 6) is -0.731. The maximum atomic E-state index is 13.6. The monoisotopic (exact) mass is 446 g/mol. The highest BCUT2D eigenvalue weighted by Crippen LogP contribution is 2.49. The standard InChI is InChI=1S/C27H30N2O4/c1-2-33-25(31)24(21-13-7-4-8-14-21)29-22-15-9-10-17-27(22,18-16-23(29)30)26(32)28-19-20-11-5-3-6-12-20/h3-8,11-15,24H,2,9-10,16-19H2,1H3,(H,28,32)/t24-,27+/m1/s1. The highest BCUT2D eigenvalue weighted by atomic mass is 16.5. The zero-order valence-electron chi connectivity index (χ0n) is 19.0. The molecule has 0 aromatic heterocycles. The van der Waals surface area contributed by atoms with Crippen molar-refractivity contribution in [3.05, 3.63) is 83.6 Å². The van der Waals surface area contributed by atoms with Gasteiger partial charge in [-0.3, -0.25) is 14.5 Å². The first kappa shape index (κ1) is 22.8. The molecule has 172 valence electrons. The molecule has 1 aliphatic carbocycles. The molecule has 33 heavy (non-hydrogen) atoms. The Bertz CT molecular complexity index is 1030. The summed E-state index contributed by atoms with van der Waals surface area (Å²) in [6, 6.07) is 18.0. The van der Waals surface area contributed by atoms with Gasteiger partial charge >= 0.3 is 5.97 Å². The van der Waals surface area contributed by atoms with E-state index >= 15 is 0 Å². The van der Waals surface area contributed by atoms with Gasteiger partial charge in [-0.1, -0.05) is 66.7 Å². The zero-order chi connectivity index (χ0) is 23.3. The van der Waals surface area contributed by atoms with Crippen LogP contribution in [0.2, 0.25) is 0 Å². The first-order chi connectivity index (χ1) is 16.1. The van der Waals surface area contributed by atoms with Gasteiger partial charge in [-0.15, -0.1) is 0 Å².